The minimum absolute atomic E-state index is 0.0369. The van der Waals surface area contributed by atoms with Crippen LogP contribution in [0.4, 0.5) is 4.79 Å². The van der Waals surface area contributed by atoms with Crippen LogP contribution < -0.4 is 15.8 Å². The molecule has 0 spiro atoms. The summed E-state index contributed by atoms with van der Waals surface area (Å²) in [6.07, 6.45) is 0. The van der Waals surface area contributed by atoms with Gasteiger partial charge < -0.3 is 15.4 Å². The molecule has 12 heteroatoms. The maximum atomic E-state index is 12.2. The number of hydrogen-bond donors (Lipinski definition) is 3. The van der Waals surface area contributed by atoms with Gasteiger partial charge in [0.25, 0.3) is 5.91 Å². The van der Waals surface area contributed by atoms with E-state index < -0.39 is 40.6 Å². The van der Waals surface area contributed by atoms with Crippen LogP contribution in [0.2, 0.25) is 0 Å². The Balaban J connectivity index is 1.49. The molecule has 2 aromatic carbocycles. The highest BCUT2D eigenvalue weighted by Gasteiger charge is 2.28. The van der Waals surface area contributed by atoms with Gasteiger partial charge >= 0.3 is 12.0 Å². The summed E-state index contributed by atoms with van der Waals surface area (Å²) in [4.78, 5) is 48.6. The van der Waals surface area contributed by atoms with Crippen LogP contribution >= 0.6 is 0 Å². The zero-order valence-electron chi connectivity index (χ0n) is 17.6. The molecule has 11 nitrogen and oxygen atoms in total. The number of carbonyl (C=O) groups is 4. The number of primary sulfonamides is 1. The van der Waals surface area contributed by atoms with Gasteiger partial charge in [-0.15, -0.1) is 0 Å². The van der Waals surface area contributed by atoms with E-state index in [0.29, 0.717) is 11.1 Å². The average Bonchev–Trinajstić information content (AvgIpc) is 3.09. The summed E-state index contributed by atoms with van der Waals surface area (Å²) in [6, 6.07) is 10.9. The molecule has 174 valence electrons. The van der Waals surface area contributed by atoms with Crippen molar-refractivity contribution in [3.63, 3.8) is 0 Å². The number of urea groups is 1. The Morgan fingerprint density at radius 3 is 2.30 bits per heavy atom. The summed E-state index contributed by atoms with van der Waals surface area (Å²) in [7, 11) is -3.81. The van der Waals surface area contributed by atoms with E-state index >= 15 is 0 Å². The molecule has 1 heterocycles. The predicted octanol–water partition coefficient (Wildman–Crippen LogP) is 0.420. The Morgan fingerprint density at radius 1 is 1.12 bits per heavy atom. The molecule has 1 saturated heterocycles. The monoisotopic (exact) mass is 474 g/mol. The van der Waals surface area contributed by atoms with Crippen molar-refractivity contribution >= 4 is 33.8 Å². The first-order valence-electron chi connectivity index (χ1n) is 9.81. The lowest BCUT2D eigenvalue weighted by Crippen LogP contribution is -2.31. The van der Waals surface area contributed by atoms with Crippen LogP contribution in [0.1, 0.15) is 34.5 Å². The van der Waals surface area contributed by atoms with Crippen LogP contribution in [-0.4, -0.2) is 50.3 Å². The molecule has 3 rings (SSSR count). The minimum atomic E-state index is -3.81. The van der Waals surface area contributed by atoms with Gasteiger partial charge in [-0.05, 0) is 42.3 Å². The smallest absolute Gasteiger partial charge is 0.338 e. The molecule has 1 unspecified atom stereocenters. The molecule has 1 aliphatic heterocycles. The van der Waals surface area contributed by atoms with E-state index in [9.17, 15) is 27.6 Å². The van der Waals surface area contributed by atoms with Gasteiger partial charge in [0.15, 0.2) is 6.61 Å². The van der Waals surface area contributed by atoms with Crippen molar-refractivity contribution in [1.82, 2.24) is 15.5 Å². The lowest BCUT2D eigenvalue weighted by atomic mass is 10.1. The summed E-state index contributed by atoms with van der Waals surface area (Å²) in [6.45, 7) is 1.22. The maximum Gasteiger partial charge on any atom is 0.338 e. The molecule has 0 radical (unpaired) electrons. The molecule has 0 aromatic heterocycles. The van der Waals surface area contributed by atoms with E-state index in [1.165, 1.54) is 36.4 Å². The molecule has 4 N–H and O–H groups in total. The highest BCUT2D eigenvalue weighted by Crippen LogP contribution is 2.16. The number of sulfonamides is 1. The Labute approximate surface area is 189 Å². The first-order chi connectivity index (χ1) is 15.5. The van der Waals surface area contributed by atoms with Crippen molar-refractivity contribution in [1.29, 1.82) is 0 Å². The average molecular weight is 474 g/mol. The second-order valence-electron chi connectivity index (χ2n) is 7.31. The number of nitrogens with zero attached hydrogens (tertiary/aromatic N) is 1. The highest BCUT2D eigenvalue weighted by atomic mass is 32.2. The van der Waals surface area contributed by atoms with Crippen LogP contribution in [0.25, 0.3) is 0 Å². The molecule has 0 bridgehead atoms. The number of nitrogens with two attached hydrogens (primary N) is 1. The van der Waals surface area contributed by atoms with E-state index in [0.717, 1.165) is 4.90 Å². The molecule has 0 saturated carbocycles. The quantitative estimate of drug-likeness (QED) is 0.368. The molecule has 0 aliphatic carbocycles. The number of benzene rings is 2. The highest BCUT2D eigenvalue weighted by molar-refractivity contribution is 7.89. The fourth-order valence-corrected chi connectivity index (χ4v) is 3.59. The van der Waals surface area contributed by atoms with Crippen LogP contribution in [0.15, 0.2) is 53.4 Å². The van der Waals surface area contributed by atoms with Gasteiger partial charge in [-0.3, -0.25) is 14.5 Å². The molecule has 33 heavy (non-hydrogen) atoms. The normalized spacial score (nSPS) is 14.5. The lowest BCUT2D eigenvalue weighted by molar-refractivity contribution is -0.125. The molecule has 2 aromatic rings. The Hall–Kier alpha value is -3.77. The van der Waals surface area contributed by atoms with Crippen LogP contribution in [-0.2, 0) is 30.9 Å². The molecular weight excluding hydrogens is 452 g/mol. The second kappa shape index (κ2) is 9.79. The number of esters is 1. The Bertz CT molecular complexity index is 1160. The third kappa shape index (κ3) is 6.14. The molecular formula is C21H22N4O7S. The summed E-state index contributed by atoms with van der Waals surface area (Å²) < 4.78 is 27.6. The van der Waals surface area contributed by atoms with Crippen LogP contribution in [0.5, 0.6) is 0 Å². The summed E-state index contributed by atoms with van der Waals surface area (Å²) >= 11 is 0. The van der Waals surface area contributed by atoms with E-state index in [1.54, 1.807) is 19.1 Å². The first-order valence-corrected chi connectivity index (χ1v) is 11.4. The summed E-state index contributed by atoms with van der Waals surface area (Å²) in [5, 5.41) is 10.1. The molecule has 1 fully saturated rings. The number of rotatable bonds is 8. The van der Waals surface area contributed by atoms with E-state index in [-0.39, 0.29) is 29.5 Å². The largest absolute Gasteiger partial charge is 0.452 e. The standard InChI is InChI=1S/C21H22N4O7S/c1-13(15-6-8-17(9-7-15)33(22,30)31)24-18(26)12-32-20(28)16-4-2-14(3-5-16)11-25-19(27)10-23-21(25)29/h2-9,13H,10-12H2,1H3,(H,23,29)(H,24,26)(H2,22,30,31). The third-order valence-electron chi connectivity index (χ3n) is 4.89. The van der Waals surface area contributed by atoms with Crippen molar-refractivity contribution < 1.29 is 32.3 Å². The maximum absolute atomic E-state index is 12.2. The molecule has 4 amide bonds. The van der Waals surface area contributed by atoms with E-state index in [2.05, 4.69) is 10.6 Å². The zero-order valence-corrected chi connectivity index (χ0v) is 18.4. The molecule has 1 atom stereocenters. The van der Waals surface area contributed by atoms with Gasteiger partial charge in [0.05, 0.1) is 29.6 Å². The minimum Gasteiger partial charge on any atom is -0.452 e. The predicted molar refractivity (Wildman–Crippen MR) is 115 cm³/mol. The van der Waals surface area contributed by atoms with Crippen LogP contribution in [0.3, 0.4) is 0 Å². The number of nitrogens with one attached hydrogen (secondary N) is 2. The first kappa shape index (κ1) is 23.9. The number of amides is 4. The number of carbonyl (C=O) groups excluding carboxylic acids is 4. The van der Waals surface area contributed by atoms with Crippen molar-refractivity contribution in [3.05, 3.63) is 65.2 Å². The van der Waals surface area contributed by atoms with Crippen molar-refractivity contribution in [2.45, 2.75) is 24.4 Å². The van der Waals surface area contributed by atoms with Gasteiger partial charge in [-0.2, -0.15) is 0 Å². The van der Waals surface area contributed by atoms with Gasteiger partial charge in [-0.25, -0.2) is 23.1 Å². The van der Waals surface area contributed by atoms with Gasteiger partial charge in [0, 0.05) is 0 Å². The molecule has 1 aliphatic rings. The zero-order chi connectivity index (χ0) is 24.2. The fraction of sp³-hybridized carbons (Fsp3) is 0.238. The SMILES string of the molecule is CC(NC(=O)COC(=O)c1ccc(CN2C(=O)CNC2=O)cc1)c1ccc(S(N)(=O)=O)cc1. The third-order valence-corrected chi connectivity index (χ3v) is 5.82. The lowest BCUT2D eigenvalue weighted by Gasteiger charge is -2.15. The Morgan fingerprint density at radius 2 is 1.76 bits per heavy atom. The number of ether oxygens (including phenoxy) is 1. The number of hydrogen-bond acceptors (Lipinski definition) is 7. The summed E-state index contributed by atoms with van der Waals surface area (Å²) in [5.74, 6) is -1.58. The number of imide groups is 1. The van der Waals surface area contributed by atoms with Crippen LogP contribution in [0, 0.1) is 0 Å². The van der Waals surface area contributed by atoms with Gasteiger partial charge in [0.1, 0.15) is 0 Å². The van der Waals surface area contributed by atoms with Crippen molar-refractivity contribution in [3.8, 4) is 0 Å². The van der Waals surface area contributed by atoms with Crippen molar-refractivity contribution in [2.75, 3.05) is 13.2 Å². The second-order valence-corrected chi connectivity index (χ2v) is 8.88. The fourth-order valence-electron chi connectivity index (χ4n) is 3.07. The van der Waals surface area contributed by atoms with Gasteiger partial charge in [-0.1, -0.05) is 24.3 Å². The van der Waals surface area contributed by atoms with Gasteiger partial charge in [0.2, 0.25) is 15.9 Å². The Kier molecular flexibility index (Phi) is 7.09. The topological polar surface area (TPSA) is 165 Å². The van der Waals surface area contributed by atoms with E-state index in [1.807, 2.05) is 0 Å². The van der Waals surface area contributed by atoms with E-state index in [4.69, 9.17) is 9.88 Å². The van der Waals surface area contributed by atoms with Crippen molar-refractivity contribution in [2.24, 2.45) is 5.14 Å². The summed E-state index contributed by atoms with van der Waals surface area (Å²) in [5.41, 5.74) is 1.50.